The van der Waals surface area contributed by atoms with E-state index >= 15 is 0 Å². The minimum absolute atomic E-state index is 1.01. The van der Waals surface area contributed by atoms with Crippen LogP contribution in [-0.2, 0) is 44.9 Å². The average Bonchev–Trinajstić information content (AvgIpc) is 3.81. The van der Waals surface area contributed by atoms with Gasteiger partial charge in [0.1, 0.15) is 0 Å². The van der Waals surface area contributed by atoms with Gasteiger partial charge in [0.2, 0.25) is 0 Å². The minimum Gasteiger partial charge on any atom is -0.0773 e. The number of allylic oxidation sites excluding steroid dienone is 4. The highest BCUT2D eigenvalue weighted by molar-refractivity contribution is 7.16. The molecule has 4 aromatic rings. The third-order valence-electron chi connectivity index (χ3n) is 15.0. The normalized spacial score (nSPS) is 12.8. The second kappa shape index (κ2) is 31.7. The Morgan fingerprint density at radius 3 is 0.910 bits per heavy atom. The van der Waals surface area contributed by atoms with Crippen LogP contribution in [0.3, 0.4) is 0 Å². The molecule has 0 unspecified atom stereocenters. The third-order valence-corrected chi connectivity index (χ3v) is 19.8. The number of hydrogen-bond donors (Lipinski definition) is 0. The van der Waals surface area contributed by atoms with Gasteiger partial charge in [0.15, 0.2) is 8.07 Å². The first kappa shape index (κ1) is 54.5. The molecule has 5 rings (SSSR count). The van der Waals surface area contributed by atoms with Crippen molar-refractivity contribution in [3.8, 4) is 0 Å². The van der Waals surface area contributed by atoms with Crippen molar-refractivity contribution in [1.29, 1.82) is 0 Å². The highest BCUT2D eigenvalue weighted by Gasteiger charge is 2.45. The molecule has 0 N–H and O–H groups in total. The van der Waals surface area contributed by atoms with Gasteiger partial charge in [-0.25, -0.2) is 0 Å². The molecule has 0 saturated carbocycles. The Bertz CT molecular complexity index is 1760. The van der Waals surface area contributed by atoms with Crippen LogP contribution in [0.15, 0.2) is 108 Å². The van der Waals surface area contributed by atoms with Gasteiger partial charge in [-0.15, -0.1) is 0 Å². The van der Waals surface area contributed by atoms with E-state index in [0.717, 1.165) is 12.8 Å². The topological polar surface area (TPSA) is 0 Å². The van der Waals surface area contributed by atoms with E-state index in [4.69, 9.17) is 0 Å². The molecule has 366 valence electrons. The monoisotopic (exact) mass is 919 g/mol. The van der Waals surface area contributed by atoms with Gasteiger partial charge in [0.05, 0.1) is 0 Å². The van der Waals surface area contributed by atoms with Crippen LogP contribution in [0.2, 0.25) is 0 Å². The maximum absolute atomic E-state index is 2.86. The molecular formula is C66H98Si. The molecule has 0 heterocycles. The van der Waals surface area contributed by atoms with Crippen LogP contribution in [0.5, 0.6) is 0 Å². The van der Waals surface area contributed by atoms with Crippen LogP contribution >= 0.6 is 0 Å². The lowest BCUT2D eigenvalue weighted by atomic mass is 10.00. The van der Waals surface area contributed by atoms with Gasteiger partial charge in [-0.2, -0.15) is 0 Å². The Kier molecular flexibility index (Phi) is 25.8. The lowest BCUT2D eigenvalue weighted by Gasteiger charge is -2.37. The first-order valence-electron chi connectivity index (χ1n) is 28.8. The predicted octanol–water partition coefficient (Wildman–Crippen LogP) is 17.9. The van der Waals surface area contributed by atoms with Crippen molar-refractivity contribution in [2.75, 3.05) is 0 Å². The van der Waals surface area contributed by atoms with Gasteiger partial charge in [0.25, 0.3) is 0 Å². The van der Waals surface area contributed by atoms with Crippen LogP contribution in [0.25, 0.3) is 0 Å². The summed E-state index contributed by atoms with van der Waals surface area (Å²) in [6, 6.07) is 36.1. The molecule has 0 fully saturated rings. The SMILES string of the molecule is CCCCCCc1cc(CCCCCC)cc([Si](C2=CC(Cc3ccccc3)=CC2)(c2cc(CCCCCC)cc(CCCCCC)c2)c2cc(CCCCCC)cc(CCCCCC)c2)c1. The van der Waals surface area contributed by atoms with Crippen LogP contribution in [-0.4, -0.2) is 8.07 Å². The fourth-order valence-electron chi connectivity index (χ4n) is 11.2. The fraction of sp³-hybridized carbons (Fsp3) is 0.576. The average molecular weight is 920 g/mol. The molecule has 0 atom stereocenters. The molecule has 0 aromatic heterocycles. The van der Waals surface area contributed by atoms with Crippen molar-refractivity contribution in [1.82, 2.24) is 0 Å². The summed E-state index contributed by atoms with van der Waals surface area (Å²) in [6.45, 7) is 14.1. The van der Waals surface area contributed by atoms with Crippen molar-refractivity contribution in [2.45, 2.75) is 247 Å². The van der Waals surface area contributed by atoms with Crippen molar-refractivity contribution in [2.24, 2.45) is 0 Å². The summed E-state index contributed by atoms with van der Waals surface area (Å²) in [6.07, 6.45) is 46.1. The summed E-state index contributed by atoms with van der Waals surface area (Å²) in [7, 11) is -2.86. The zero-order valence-electron chi connectivity index (χ0n) is 44.4. The highest BCUT2D eigenvalue weighted by atomic mass is 28.3. The van der Waals surface area contributed by atoms with Crippen LogP contribution in [0, 0.1) is 0 Å². The molecule has 1 aliphatic carbocycles. The van der Waals surface area contributed by atoms with Crippen molar-refractivity contribution in [3.63, 3.8) is 0 Å². The molecule has 0 amide bonds. The summed E-state index contributed by atoms with van der Waals surface area (Å²) in [4.78, 5) is 0. The predicted molar refractivity (Wildman–Crippen MR) is 302 cm³/mol. The van der Waals surface area contributed by atoms with E-state index in [-0.39, 0.29) is 0 Å². The second-order valence-corrected chi connectivity index (χ2v) is 24.9. The zero-order chi connectivity index (χ0) is 47.4. The van der Waals surface area contributed by atoms with Gasteiger partial charge >= 0.3 is 0 Å². The lowest BCUT2D eigenvalue weighted by Crippen LogP contribution is -2.69. The summed E-state index contributed by atoms with van der Waals surface area (Å²) in [5.41, 5.74) is 12.5. The molecule has 1 aliphatic rings. The van der Waals surface area contributed by atoms with Crippen LogP contribution in [0.1, 0.15) is 241 Å². The van der Waals surface area contributed by atoms with E-state index in [2.05, 4.69) is 139 Å². The van der Waals surface area contributed by atoms with Crippen molar-refractivity contribution < 1.29 is 0 Å². The Balaban J connectivity index is 1.86. The number of hydrogen-bond acceptors (Lipinski definition) is 0. The Labute approximate surface area is 415 Å². The summed E-state index contributed by atoms with van der Waals surface area (Å²) >= 11 is 0. The molecule has 0 nitrogen and oxygen atoms in total. The maximum atomic E-state index is 2.80. The number of rotatable bonds is 36. The standard InChI is InChI=1S/C66H98Si/c1-7-13-19-26-36-56-45-57(37-27-20-14-8-2)50-64(49-56)67(63-43-42-62(48-63)44-55-34-32-25-33-35-55,65-51-58(38-28-21-15-9-3)46-59(52-65)39-29-22-16-10-4)66-53-60(40-30-23-17-11-5)47-61(54-66)41-31-24-18-12-6/h25,32-35,42,45-54H,7-24,26-31,36-41,43-44H2,1-6H3. The Morgan fingerprint density at radius 1 is 0.328 bits per heavy atom. The van der Waals surface area contributed by atoms with E-state index in [1.165, 1.54) is 204 Å². The van der Waals surface area contributed by atoms with Crippen molar-refractivity contribution in [3.05, 3.63) is 147 Å². The summed E-state index contributed by atoms with van der Waals surface area (Å²) in [5, 5.41) is 6.74. The first-order chi connectivity index (χ1) is 33.0. The van der Waals surface area contributed by atoms with E-state index in [1.807, 2.05) is 0 Å². The molecule has 0 aliphatic heterocycles. The summed E-state index contributed by atoms with van der Waals surface area (Å²) < 4.78 is 0. The molecule has 0 spiro atoms. The minimum atomic E-state index is -2.86. The second-order valence-electron chi connectivity index (χ2n) is 21.0. The quantitative estimate of drug-likeness (QED) is 0.0242. The third kappa shape index (κ3) is 17.8. The van der Waals surface area contributed by atoms with Gasteiger partial charge in [-0.05, 0) is 150 Å². The van der Waals surface area contributed by atoms with E-state index in [1.54, 1.807) is 54.1 Å². The number of benzene rings is 4. The van der Waals surface area contributed by atoms with E-state index < -0.39 is 8.07 Å². The van der Waals surface area contributed by atoms with Gasteiger partial charge in [-0.3, -0.25) is 0 Å². The Morgan fingerprint density at radius 2 is 0.627 bits per heavy atom. The highest BCUT2D eigenvalue weighted by Crippen LogP contribution is 2.32. The van der Waals surface area contributed by atoms with Crippen LogP contribution < -0.4 is 15.6 Å². The van der Waals surface area contributed by atoms with Gasteiger partial charge in [-0.1, -0.05) is 259 Å². The first-order valence-corrected chi connectivity index (χ1v) is 30.8. The smallest absolute Gasteiger partial charge is 0.0773 e. The maximum Gasteiger partial charge on any atom is 0.176 e. The van der Waals surface area contributed by atoms with Gasteiger partial charge in [0, 0.05) is 0 Å². The number of unbranched alkanes of at least 4 members (excludes halogenated alkanes) is 18. The van der Waals surface area contributed by atoms with Crippen LogP contribution in [0.4, 0.5) is 0 Å². The summed E-state index contributed by atoms with van der Waals surface area (Å²) in [5.74, 6) is 0. The molecule has 4 aromatic carbocycles. The zero-order valence-corrected chi connectivity index (χ0v) is 45.4. The molecule has 0 bridgehead atoms. The van der Waals surface area contributed by atoms with E-state index in [9.17, 15) is 0 Å². The largest absolute Gasteiger partial charge is 0.176 e. The molecule has 1 heteroatoms. The van der Waals surface area contributed by atoms with E-state index in [0.29, 0.717) is 0 Å². The Hall–Kier alpha value is -3.42. The molecule has 67 heavy (non-hydrogen) atoms. The molecule has 0 saturated heterocycles. The molecular weight excluding hydrogens is 821 g/mol. The fourth-order valence-corrected chi connectivity index (χ4v) is 16.5. The lowest BCUT2D eigenvalue weighted by molar-refractivity contribution is 0.661. The number of aryl methyl sites for hydroxylation is 6. The van der Waals surface area contributed by atoms with Crippen molar-refractivity contribution >= 4 is 23.6 Å². The van der Waals surface area contributed by atoms with Gasteiger partial charge < -0.3 is 0 Å². The molecule has 0 radical (unpaired) electrons.